The molecule has 2 aromatic rings. The number of para-hydroxylation sites is 1. The molecule has 0 atom stereocenters. The highest BCUT2D eigenvalue weighted by Gasteiger charge is 2.39. The van der Waals surface area contributed by atoms with Crippen LogP contribution in [0.4, 0.5) is 13.2 Å². The number of alkyl halides is 3. The van der Waals surface area contributed by atoms with Crippen LogP contribution < -0.4 is 0 Å². The van der Waals surface area contributed by atoms with E-state index in [-0.39, 0.29) is 5.56 Å². The molecule has 0 saturated heterocycles. The summed E-state index contributed by atoms with van der Waals surface area (Å²) >= 11 is 0. The van der Waals surface area contributed by atoms with E-state index >= 15 is 0 Å². The highest BCUT2D eigenvalue weighted by Crippen LogP contribution is 2.28. The van der Waals surface area contributed by atoms with Gasteiger partial charge in [-0.1, -0.05) is 23.4 Å². The molecule has 0 unspecified atom stereocenters. The first-order chi connectivity index (χ1) is 7.95. The van der Waals surface area contributed by atoms with Crippen molar-refractivity contribution in [3.05, 3.63) is 36.0 Å². The number of rotatable bonds is 1. The van der Waals surface area contributed by atoms with E-state index in [1.165, 1.54) is 6.20 Å². The van der Waals surface area contributed by atoms with Crippen molar-refractivity contribution >= 4 is 16.6 Å². The number of benzene rings is 1. The molecule has 6 heteroatoms. The van der Waals surface area contributed by atoms with Crippen LogP contribution in [0, 0.1) is 0 Å². The van der Waals surface area contributed by atoms with Gasteiger partial charge in [-0.25, -0.2) is 0 Å². The van der Waals surface area contributed by atoms with Gasteiger partial charge in [-0.15, -0.1) is 0 Å². The van der Waals surface area contributed by atoms with E-state index in [1.54, 1.807) is 35.9 Å². The lowest BCUT2D eigenvalue weighted by Crippen LogP contribution is -2.23. The minimum atomic E-state index is -4.68. The summed E-state index contributed by atoms with van der Waals surface area (Å²) in [5, 5.41) is 11.3. The van der Waals surface area contributed by atoms with Gasteiger partial charge in [-0.3, -0.25) is 0 Å². The van der Waals surface area contributed by atoms with Gasteiger partial charge in [0.1, 0.15) is 0 Å². The highest BCUT2D eigenvalue weighted by atomic mass is 19.4. The van der Waals surface area contributed by atoms with Crippen LogP contribution in [0.15, 0.2) is 35.6 Å². The Hall–Kier alpha value is -1.98. The van der Waals surface area contributed by atoms with Crippen molar-refractivity contribution in [2.24, 2.45) is 12.2 Å². The minimum Gasteiger partial charge on any atom is -0.410 e. The van der Waals surface area contributed by atoms with Gasteiger partial charge in [0.15, 0.2) is 5.71 Å². The van der Waals surface area contributed by atoms with Crippen molar-refractivity contribution in [1.29, 1.82) is 0 Å². The lowest BCUT2D eigenvalue weighted by molar-refractivity contribution is -0.0600. The molecule has 0 fully saturated rings. The number of aromatic nitrogens is 1. The van der Waals surface area contributed by atoms with Gasteiger partial charge in [-0.05, 0) is 6.07 Å². The number of oxime groups is 1. The normalized spacial score (nSPS) is 13.3. The summed E-state index contributed by atoms with van der Waals surface area (Å²) in [6, 6.07) is 6.62. The molecule has 0 aliphatic heterocycles. The standard InChI is InChI=1S/C11H9F3N2O/c1-16-6-8(10(15-17)11(12,13)14)7-4-2-3-5-9(7)16/h2-6,17H,1H3/b15-10-. The summed E-state index contributed by atoms with van der Waals surface area (Å²) in [7, 11) is 1.64. The monoisotopic (exact) mass is 242 g/mol. The third-order valence-electron chi connectivity index (χ3n) is 2.52. The Morgan fingerprint density at radius 1 is 1.29 bits per heavy atom. The van der Waals surface area contributed by atoms with Crippen molar-refractivity contribution in [1.82, 2.24) is 4.57 Å². The maximum atomic E-state index is 12.6. The molecule has 0 radical (unpaired) electrons. The lowest BCUT2D eigenvalue weighted by Gasteiger charge is -2.06. The molecule has 3 nitrogen and oxygen atoms in total. The Morgan fingerprint density at radius 2 is 1.94 bits per heavy atom. The summed E-state index contributed by atoms with van der Waals surface area (Å²) in [6.45, 7) is 0. The fourth-order valence-corrected chi connectivity index (χ4v) is 1.79. The number of aryl methyl sites for hydroxylation is 1. The first-order valence-corrected chi connectivity index (χ1v) is 4.79. The largest absolute Gasteiger partial charge is 0.437 e. The molecule has 1 aromatic carbocycles. The van der Waals surface area contributed by atoms with Crippen molar-refractivity contribution in [2.75, 3.05) is 0 Å². The molecule has 1 heterocycles. The molecule has 17 heavy (non-hydrogen) atoms. The maximum absolute atomic E-state index is 12.6. The predicted octanol–water partition coefficient (Wildman–Crippen LogP) is 2.92. The summed E-state index contributed by atoms with van der Waals surface area (Å²) in [6.07, 6.45) is -3.38. The number of fused-ring (bicyclic) bond motifs is 1. The molecule has 90 valence electrons. The summed E-state index contributed by atoms with van der Waals surface area (Å²) < 4.78 is 39.5. The average molecular weight is 242 g/mol. The van der Waals surface area contributed by atoms with Crippen LogP contribution in [0.1, 0.15) is 5.56 Å². The van der Waals surface area contributed by atoms with Gasteiger partial charge in [0.25, 0.3) is 0 Å². The average Bonchev–Trinajstić information content (AvgIpc) is 2.56. The zero-order chi connectivity index (χ0) is 12.6. The SMILES string of the molecule is Cn1cc(/C(=N/O)C(F)(F)F)c2ccccc21. The third kappa shape index (κ3) is 1.86. The molecule has 0 saturated carbocycles. The van der Waals surface area contributed by atoms with E-state index in [0.717, 1.165) is 0 Å². The van der Waals surface area contributed by atoms with Crippen molar-refractivity contribution < 1.29 is 18.4 Å². The molecule has 0 spiro atoms. The summed E-state index contributed by atoms with van der Waals surface area (Å²) in [5.41, 5.74) is -0.764. The van der Waals surface area contributed by atoms with Gasteiger partial charge < -0.3 is 9.77 Å². The molecule has 0 aliphatic rings. The summed E-state index contributed by atoms with van der Waals surface area (Å²) in [4.78, 5) is 0. The zero-order valence-electron chi connectivity index (χ0n) is 8.86. The van der Waals surface area contributed by atoms with Crippen LogP contribution >= 0.6 is 0 Å². The number of hydrogen-bond donors (Lipinski definition) is 1. The topological polar surface area (TPSA) is 37.5 Å². The number of nitrogens with zero attached hydrogens (tertiary/aromatic N) is 2. The predicted molar refractivity (Wildman–Crippen MR) is 57.3 cm³/mol. The second-order valence-corrected chi connectivity index (χ2v) is 3.62. The Balaban J connectivity index is 2.72. The van der Waals surface area contributed by atoms with E-state index in [9.17, 15) is 13.2 Å². The Labute approximate surface area is 94.8 Å². The molecule has 2 rings (SSSR count). The van der Waals surface area contributed by atoms with Crippen LogP contribution in [-0.2, 0) is 7.05 Å². The van der Waals surface area contributed by atoms with E-state index in [2.05, 4.69) is 5.16 Å². The maximum Gasteiger partial charge on any atom is 0.437 e. The van der Waals surface area contributed by atoms with E-state index in [1.807, 2.05) is 0 Å². The Morgan fingerprint density at radius 3 is 2.53 bits per heavy atom. The van der Waals surface area contributed by atoms with E-state index in [4.69, 9.17) is 5.21 Å². The van der Waals surface area contributed by atoms with E-state index < -0.39 is 11.9 Å². The molecule has 0 amide bonds. The fraction of sp³-hybridized carbons (Fsp3) is 0.182. The molecule has 1 N–H and O–H groups in total. The zero-order valence-corrected chi connectivity index (χ0v) is 8.86. The van der Waals surface area contributed by atoms with Gasteiger partial charge >= 0.3 is 6.18 Å². The Kier molecular flexibility index (Phi) is 2.57. The van der Waals surface area contributed by atoms with Gasteiger partial charge in [0.2, 0.25) is 0 Å². The van der Waals surface area contributed by atoms with Crippen LogP contribution in [-0.4, -0.2) is 21.7 Å². The first-order valence-electron chi connectivity index (χ1n) is 4.79. The van der Waals surface area contributed by atoms with E-state index in [0.29, 0.717) is 10.9 Å². The van der Waals surface area contributed by atoms with Crippen molar-refractivity contribution in [2.45, 2.75) is 6.18 Å². The lowest BCUT2D eigenvalue weighted by atomic mass is 10.1. The quantitative estimate of drug-likeness (QED) is 0.466. The van der Waals surface area contributed by atoms with Crippen LogP contribution in [0.2, 0.25) is 0 Å². The van der Waals surface area contributed by atoms with Gasteiger partial charge in [0, 0.05) is 29.7 Å². The second kappa shape index (κ2) is 3.80. The number of hydrogen-bond acceptors (Lipinski definition) is 2. The molecular formula is C11H9F3N2O. The number of halogens is 3. The fourth-order valence-electron chi connectivity index (χ4n) is 1.79. The molecule has 0 bridgehead atoms. The smallest absolute Gasteiger partial charge is 0.410 e. The summed E-state index contributed by atoms with van der Waals surface area (Å²) in [5.74, 6) is 0. The van der Waals surface area contributed by atoms with Gasteiger partial charge in [-0.2, -0.15) is 13.2 Å². The minimum absolute atomic E-state index is 0.127. The van der Waals surface area contributed by atoms with Crippen LogP contribution in [0.25, 0.3) is 10.9 Å². The second-order valence-electron chi connectivity index (χ2n) is 3.62. The van der Waals surface area contributed by atoms with Crippen molar-refractivity contribution in [3.63, 3.8) is 0 Å². The van der Waals surface area contributed by atoms with Crippen LogP contribution in [0.5, 0.6) is 0 Å². The third-order valence-corrected chi connectivity index (χ3v) is 2.52. The first kappa shape index (κ1) is 11.5. The molecule has 1 aromatic heterocycles. The molecular weight excluding hydrogens is 233 g/mol. The molecule has 0 aliphatic carbocycles. The van der Waals surface area contributed by atoms with Gasteiger partial charge in [0.05, 0.1) is 0 Å². The Bertz CT molecular complexity index is 584. The van der Waals surface area contributed by atoms with Crippen molar-refractivity contribution in [3.8, 4) is 0 Å². The highest BCUT2D eigenvalue weighted by molar-refractivity contribution is 6.13. The van der Waals surface area contributed by atoms with Crippen LogP contribution in [0.3, 0.4) is 0 Å².